The number of guanidine groups is 1. The Morgan fingerprint density at radius 3 is 2.22 bits per heavy atom. The van der Waals surface area contributed by atoms with Crippen LogP contribution in [-0.2, 0) is 13.6 Å². The zero-order valence-corrected chi connectivity index (χ0v) is 17.5. The van der Waals surface area contributed by atoms with E-state index >= 15 is 0 Å². The van der Waals surface area contributed by atoms with E-state index in [0.717, 1.165) is 30.7 Å². The number of nitrogens with zero attached hydrogens (tertiary/aromatic N) is 5. The van der Waals surface area contributed by atoms with Crippen molar-refractivity contribution in [3.05, 3.63) is 11.6 Å². The number of likely N-dealkylation sites (tertiary alicyclic amines) is 1. The maximum atomic E-state index is 4.87. The topological polar surface area (TPSA) is 70.4 Å². The normalized spacial score (nSPS) is 21.0. The minimum Gasteiger partial charge on any atom is -0.354 e. The largest absolute Gasteiger partial charge is 0.354 e. The van der Waals surface area contributed by atoms with Crippen molar-refractivity contribution in [3.8, 4) is 0 Å². The summed E-state index contributed by atoms with van der Waals surface area (Å²) in [5.41, 5.74) is 0. The van der Waals surface area contributed by atoms with Crippen LogP contribution in [0.2, 0.25) is 0 Å². The Morgan fingerprint density at radius 1 is 1.04 bits per heavy atom. The third-order valence-electron chi connectivity index (χ3n) is 6.11. The van der Waals surface area contributed by atoms with Crippen molar-refractivity contribution in [2.75, 3.05) is 13.1 Å². The maximum absolute atomic E-state index is 4.87. The highest BCUT2D eigenvalue weighted by Gasteiger charge is 2.23. The molecule has 2 fully saturated rings. The molecule has 7 heteroatoms. The summed E-state index contributed by atoms with van der Waals surface area (Å²) in [4.78, 5) is 7.43. The van der Waals surface area contributed by atoms with Crippen molar-refractivity contribution in [2.24, 2.45) is 12.0 Å². The molecule has 1 aromatic heterocycles. The predicted octanol–water partition coefficient (Wildman–Crippen LogP) is 2.36. The highest BCUT2D eigenvalue weighted by molar-refractivity contribution is 5.80. The van der Waals surface area contributed by atoms with Gasteiger partial charge in [0.1, 0.15) is 12.4 Å². The van der Waals surface area contributed by atoms with E-state index in [0.29, 0.717) is 24.7 Å². The van der Waals surface area contributed by atoms with Crippen molar-refractivity contribution in [3.63, 3.8) is 0 Å². The van der Waals surface area contributed by atoms with Crippen LogP contribution in [0.5, 0.6) is 0 Å². The first-order chi connectivity index (χ1) is 13.0. The average molecular weight is 376 g/mol. The van der Waals surface area contributed by atoms with Crippen molar-refractivity contribution in [1.82, 2.24) is 30.3 Å². The number of aliphatic imine (C=N–C) groups is 1. The van der Waals surface area contributed by atoms with E-state index in [1.807, 2.05) is 18.5 Å². The lowest BCUT2D eigenvalue weighted by Gasteiger charge is -2.36. The van der Waals surface area contributed by atoms with Crippen LogP contribution in [0, 0.1) is 6.92 Å². The molecule has 0 amide bonds. The Kier molecular flexibility index (Phi) is 7.10. The standard InChI is InChI=1S/C20H37N7/c1-15(2)27-12-10-18(11-13-27)23-20(22-17-8-6-5-7-9-17)21-14-19-25-24-16(3)26(19)4/h15,17-18H,5-14H2,1-4H3,(H2,21,22,23). The number of aryl methyl sites for hydroxylation is 1. The van der Waals surface area contributed by atoms with Crippen LogP contribution in [0.25, 0.3) is 0 Å². The number of hydrogen-bond donors (Lipinski definition) is 2. The Balaban J connectivity index is 1.62. The summed E-state index contributed by atoms with van der Waals surface area (Å²) in [6, 6.07) is 1.68. The second kappa shape index (κ2) is 9.53. The Labute approximate surface area is 164 Å². The molecule has 1 saturated carbocycles. The first kappa shape index (κ1) is 20.1. The molecule has 0 spiro atoms. The molecule has 2 heterocycles. The van der Waals surface area contributed by atoms with E-state index in [4.69, 9.17) is 4.99 Å². The van der Waals surface area contributed by atoms with Gasteiger partial charge in [0.05, 0.1) is 0 Å². The van der Waals surface area contributed by atoms with Gasteiger partial charge < -0.3 is 20.1 Å². The summed E-state index contributed by atoms with van der Waals surface area (Å²) in [5.74, 6) is 2.79. The second-order valence-electron chi connectivity index (χ2n) is 8.41. The number of hydrogen-bond acceptors (Lipinski definition) is 4. The van der Waals surface area contributed by atoms with Crippen LogP contribution in [0.3, 0.4) is 0 Å². The molecule has 27 heavy (non-hydrogen) atoms. The maximum Gasteiger partial charge on any atom is 0.192 e. The van der Waals surface area contributed by atoms with E-state index in [2.05, 4.69) is 39.6 Å². The monoisotopic (exact) mass is 375 g/mol. The van der Waals surface area contributed by atoms with Crippen molar-refractivity contribution < 1.29 is 0 Å². The van der Waals surface area contributed by atoms with Gasteiger partial charge in [0.2, 0.25) is 0 Å². The highest BCUT2D eigenvalue weighted by Crippen LogP contribution is 2.18. The molecule has 1 aliphatic carbocycles. The van der Waals surface area contributed by atoms with Crippen LogP contribution in [0.15, 0.2) is 4.99 Å². The Hall–Kier alpha value is -1.63. The quantitative estimate of drug-likeness (QED) is 0.611. The summed E-state index contributed by atoms with van der Waals surface area (Å²) in [6.45, 7) is 9.43. The van der Waals surface area contributed by atoms with Gasteiger partial charge in [-0.25, -0.2) is 4.99 Å². The molecule has 2 aliphatic rings. The minimum absolute atomic E-state index is 0.496. The SMILES string of the molecule is Cc1nnc(CN=C(NC2CCCCC2)NC2CCN(C(C)C)CC2)n1C. The summed E-state index contributed by atoms with van der Waals surface area (Å²) in [5, 5.41) is 15.8. The summed E-state index contributed by atoms with van der Waals surface area (Å²) in [6.07, 6.45) is 8.84. The fourth-order valence-corrected chi connectivity index (χ4v) is 4.07. The zero-order valence-electron chi connectivity index (χ0n) is 17.5. The van der Waals surface area contributed by atoms with Crippen LogP contribution < -0.4 is 10.6 Å². The molecule has 7 nitrogen and oxygen atoms in total. The van der Waals surface area contributed by atoms with Crippen LogP contribution in [0.1, 0.15) is 70.4 Å². The van der Waals surface area contributed by atoms with Gasteiger partial charge >= 0.3 is 0 Å². The molecule has 0 atom stereocenters. The van der Waals surface area contributed by atoms with E-state index in [9.17, 15) is 0 Å². The molecule has 1 saturated heterocycles. The molecule has 1 aromatic rings. The molecule has 1 aliphatic heterocycles. The molecular weight excluding hydrogens is 338 g/mol. The fraction of sp³-hybridized carbons (Fsp3) is 0.850. The van der Waals surface area contributed by atoms with Crippen LogP contribution in [-0.4, -0.2) is 56.8 Å². The van der Waals surface area contributed by atoms with Gasteiger partial charge in [-0.2, -0.15) is 0 Å². The minimum atomic E-state index is 0.496. The van der Waals surface area contributed by atoms with Crippen molar-refractivity contribution >= 4 is 5.96 Å². The first-order valence-electron chi connectivity index (χ1n) is 10.7. The van der Waals surface area contributed by atoms with E-state index in [1.54, 1.807) is 0 Å². The molecule has 0 bridgehead atoms. The van der Waals surface area contributed by atoms with Gasteiger partial charge in [-0.1, -0.05) is 19.3 Å². The fourth-order valence-electron chi connectivity index (χ4n) is 4.07. The molecule has 152 valence electrons. The molecule has 2 N–H and O–H groups in total. The smallest absolute Gasteiger partial charge is 0.192 e. The molecule has 0 aromatic carbocycles. The lowest BCUT2D eigenvalue weighted by molar-refractivity contribution is 0.167. The Bertz CT molecular complexity index is 608. The van der Waals surface area contributed by atoms with Gasteiger partial charge in [-0.15, -0.1) is 10.2 Å². The Morgan fingerprint density at radius 2 is 1.67 bits per heavy atom. The lowest BCUT2D eigenvalue weighted by Crippen LogP contribution is -2.52. The number of nitrogens with one attached hydrogen (secondary N) is 2. The zero-order chi connectivity index (χ0) is 19.2. The third kappa shape index (κ3) is 5.67. The number of aromatic nitrogens is 3. The molecule has 3 rings (SSSR count). The van der Waals surface area contributed by atoms with E-state index in [-0.39, 0.29) is 0 Å². The van der Waals surface area contributed by atoms with E-state index in [1.165, 1.54) is 44.9 Å². The van der Waals surface area contributed by atoms with Gasteiger partial charge in [-0.05, 0) is 46.5 Å². The first-order valence-corrected chi connectivity index (χ1v) is 10.7. The van der Waals surface area contributed by atoms with Crippen molar-refractivity contribution in [2.45, 2.75) is 90.4 Å². The van der Waals surface area contributed by atoms with Gasteiger partial charge in [0.15, 0.2) is 11.8 Å². The average Bonchev–Trinajstić information content (AvgIpc) is 2.99. The van der Waals surface area contributed by atoms with Gasteiger partial charge in [0, 0.05) is 38.3 Å². The summed E-state index contributed by atoms with van der Waals surface area (Å²) < 4.78 is 2.02. The van der Waals surface area contributed by atoms with E-state index < -0.39 is 0 Å². The summed E-state index contributed by atoms with van der Waals surface area (Å²) in [7, 11) is 2.00. The molecular formula is C20H37N7. The predicted molar refractivity (Wildman–Crippen MR) is 110 cm³/mol. The third-order valence-corrected chi connectivity index (χ3v) is 6.11. The molecule has 0 radical (unpaired) electrons. The number of piperidine rings is 1. The van der Waals surface area contributed by atoms with Crippen LogP contribution >= 0.6 is 0 Å². The summed E-state index contributed by atoms with van der Waals surface area (Å²) >= 11 is 0. The molecule has 0 unspecified atom stereocenters. The highest BCUT2D eigenvalue weighted by atomic mass is 15.3. The lowest BCUT2D eigenvalue weighted by atomic mass is 9.95. The van der Waals surface area contributed by atoms with Gasteiger partial charge in [0.25, 0.3) is 0 Å². The van der Waals surface area contributed by atoms with Gasteiger partial charge in [-0.3, -0.25) is 0 Å². The number of rotatable bonds is 5. The van der Waals surface area contributed by atoms with Crippen molar-refractivity contribution in [1.29, 1.82) is 0 Å². The second-order valence-corrected chi connectivity index (χ2v) is 8.41. The van der Waals surface area contributed by atoms with Crippen LogP contribution in [0.4, 0.5) is 0 Å².